The lowest BCUT2D eigenvalue weighted by atomic mass is 10.3. The molecule has 4 nitrogen and oxygen atoms in total. The van der Waals surface area contributed by atoms with E-state index >= 15 is 0 Å². The van der Waals surface area contributed by atoms with Crippen LogP contribution < -0.4 is 10.6 Å². The minimum atomic E-state index is -3.57. The molecule has 0 radical (unpaired) electrons. The largest absolute Gasteiger partial charge is 0.363 e. The zero-order valence-electron chi connectivity index (χ0n) is 13.6. The van der Waals surface area contributed by atoms with Crippen molar-refractivity contribution in [1.82, 2.24) is 0 Å². The summed E-state index contributed by atoms with van der Waals surface area (Å²) in [5.74, 6) is 0. The van der Waals surface area contributed by atoms with Gasteiger partial charge in [0.15, 0.2) is 8.46 Å². The van der Waals surface area contributed by atoms with E-state index < -0.39 is 7.60 Å². The maximum absolute atomic E-state index is 13.5. The Kier molecular flexibility index (Phi) is 6.39. The van der Waals surface area contributed by atoms with E-state index in [9.17, 15) is 9.13 Å². The van der Waals surface area contributed by atoms with Crippen molar-refractivity contribution < 1.29 is 18.2 Å². The lowest BCUT2D eigenvalue weighted by molar-refractivity contribution is 0.230. The van der Waals surface area contributed by atoms with Gasteiger partial charge in [-0.15, -0.1) is 34.0 Å². The van der Waals surface area contributed by atoms with E-state index in [1.54, 1.807) is 36.5 Å². The van der Waals surface area contributed by atoms with Crippen LogP contribution in [-0.2, 0) is 18.2 Å². The van der Waals surface area contributed by atoms with Crippen LogP contribution in [0.1, 0.15) is 13.8 Å². The number of hydrogen-bond acceptors (Lipinski definition) is 7. The Hall–Kier alpha value is -0.650. The van der Waals surface area contributed by atoms with Crippen LogP contribution in [0.2, 0.25) is 0 Å². The normalized spacial score (nSPS) is 12.1. The minimum absolute atomic E-state index is 0.190. The molecule has 25 heavy (non-hydrogen) atoms. The van der Waals surface area contributed by atoms with Gasteiger partial charge in [0, 0.05) is 9.75 Å². The van der Waals surface area contributed by atoms with E-state index in [1.807, 2.05) is 35.0 Å². The van der Waals surface area contributed by atoms with Gasteiger partial charge in [-0.1, -0.05) is 12.1 Å². The predicted molar refractivity (Wildman–Crippen MR) is 109 cm³/mol. The average molecular weight is 430 g/mol. The van der Waals surface area contributed by atoms with Crippen molar-refractivity contribution in [1.29, 1.82) is 0 Å². The molecule has 3 aromatic rings. The molecule has 0 spiro atoms. The van der Waals surface area contributed by atoms with Gasteiger partial charge in [-0.3, -0.25) is 9.13 Å². The summed E-state index contributed by atoms with van der Waals surface area (Å²) >= 11 is 4.60. The Labute approximate surface area is 160 Å². The molecule has 3 aromatic heterocycles. The molecular formula is C16H16O4P2S3. The van der Waals surface area contributed by atoms with Crippen LogP contribution in [0.15, 0.2) is 35.0 Å². The quantitative estimate of drug-likeness (QED) is 0.411. The Balaban J connectivity index is 2.31. The average Bonchev–Trinajstić information content (AvgIpc) is 3.33. The first-order valence-electron chi connectivity index (χ1n) is 7.62. The number of hydrogen-bond donors (Lipinski definition) is 0. The summed E-state index contributed by atoms with van der Waals surface area (Å²) in [6.45, 7) is 4.05. The van der Waals surface area contributed by atoms with Crippen LogP contribution in [0.5, 0.6) is 0 Å². The summed E-state index contributed by atoms with van der Waals surface area (Å²) < 4.78 is 36.7. The summed E-state index contributed by atoms with van der Waals surface area (Å²) in [5, 5.41) is 4.87. The molecule has 3 heterocycles. The van der Waals surface area contributed by atoms with Crippen molar-refractivity contribution in [3.05, 3.63) is 35.0 Å². The second-order valence-corrected chi connectivity index (χ2v) is 10.3. The third kappa shape index (κ3) is 3.74. The van der Waals surface area contributed by atoms with Crippen molar-refractivity contribution in [3.8, 4) is 19.5 Å². The lowest BCUT2D eigenvalue weighted by Gasteiger charge is -2.18. The van der Waals surface area contributed by atoms with Crippen molar-refractivity contribution >= 4 is 60.7 Å². The Morgan fingerprint density at radius 1 is 1.00 bits per heavy atom. The number of thiophene rings is 3. The third-order valence-corrected chi connectivity index (χ3v) is 9.90. The van der Waals surface area contributed by atoms with Crippen molar-refractivity contribution in [2.24, 2.45) is 0 Å². The van der Waals surface area contributed by atoms with Crippen LogP contribution in [0.25, 0.3) is 19.5 Å². The lowest BCUT2D eigenvalue weighted by Crippen LogP contribution is -2.22. The van der Waals surface area contributed by atoms with E-state index in [4.69, 9.17) is 9.05 Å². The Morgan fingerprint density at radius 3 is 2.00 bits per heavy atom. The number of rotatable bonds is 8. The van der Waals surface area contributed by atoms with Gasteiger partial charge in [-0.25, -0.2) is 0 Å². The highest BCUT2D eigenvalue weighted by molar-refractivity contribution is 7.65. The van der Waals surface area contributed by atoms with E-state index in [0.29, 0.717) is 10.6 Å². The second kappa shape index (κ2) is 8.36. The van der Waals surface area contributed by atoms with Crippen LogP contribution >= 0.6 is 50.1 Å². The first-order chi connectivity index (χ1) is 12.1. The van der Waals surface area contributed by atoms with Crippen molar-refractivity contribution in [2.45, 2.75) is 13.8 Å². The van der Waals surface area contributed by atoms with Gasteiger partial charge in [0.05, 0.1) is 33.6 Å². The van der Waals surface area contributed by atoms with Crippen molar-refractivity contribution in [3.63, 3.8) is 0 Å². The van der Waals surface area contributed by atoms with Crippen LogP contribution in [-0.4, -0.2) is 13.2 Å². The van der Waals surface area contributed by atoms with E-state index in [1.165, 1.54) is 11.3 Å². The highest BCUT2D eigenvalue weighted by Crippen LogP contribution is 2.53. The summed E-state index contributed by atoms with van der Waals surface area (Å²) in [5.41, 5.74) is 0. The van der Waals surface area contributed by atoms with E-state index in [0.717, 1.165) is 19.5 Å². The second-order valence-electron chi connectivity index (χ2n) is 4.84. The monoisotopic (exact) mass is 430 g/mol. The Morgan fingerprint density at radius 2 is 1.56 bits per heavy atom. The molecule has 0 saturated heterocycles. The fourth-order valence-electron chi connectivity index (χ4n) is 2.41. The molecular weight excluding hydrogens is 414 g/mol. The minimum Gasteiger partial charge on any atom is -0.305 e. The predicted octanol–water partition coefficient (Wildman–Crippen LogP) is 6.01. The van der Waals surface area contributed by atoms with Gasteiger partial charge in [0.1, 0.15) is 0 Å². The van der Waals surface area contributed by atoms with Crippen molar-refractivity contribution in [2.75, 3.05) is 13.2 Å². The zero-order chi connectivity index (χ0) is 17.9. The molecule has 0 amide bonds. The standard InChI is InChI=1S/C16H16O4P2S3/c1-3-19-22(18,20-4-2)14-13(21-17)15(11-7-5-9-23-11)25-16(14)12-8-6-10-24-12/h5-10H,3-4H2,1-2H3. The molecule has 0 saturated carbocycles. The van der Waals surface area contributed by atoms with Gasteiger partial charge in [-0.2, -0.15) is 0 Å². The molecule has 0 fully saturated rings. The first kappa shape index (κ1) is 19.1. The molecule has 3 rings (SSSR count). The molecule has 0 unspecified atom stereocenters. The molecule has 0 atom stereocenters. The van der Waals surface area contributed by atoms with Crippen LogP contribution in [0.4, 0.5) is 0 Å². The smallest absolute Gasteiger partial charge is 0.305 e. The van der Waals surface area contributed by atoms with Crippen LogP contribution in [0, 0.1) is 0 Å². The first-order valence-corrected chi connectivity index (χ1v) is 12.5. The molecule has 0 aliphatic carbocycles. The highest BCUT2D eigenvalue weighted by atomic mass is 32.1. The summed E-state index contributed by atoms with van der Waals surface area (Å²) in [6.07, 6.45) is 0. The Bertz CT molecular complexity index is 875. The summed E-state index contributed by atoms with van der Waals surface area (Å²) in [7, 11) is -3.76. The zero-order valence-corrected chi connectivity index (χ0v) is 17.9. The fraction of sp³-hybridized carbons (Fsp3) is 0.250. The van der Waals surface area contributed by atoms with Crippen LogP contribution in [0.3, 0.4) is 0 Å². The molecule has 0 aliphatic rings. The summed E-state index contributed by atoms with van der Waals surface area (Å²) in [4.78, 5) is 3.62. The maximum atomic E-state index is 13.5. The molecule has 0 N–H and O–H groups in total. The van der Waals surface area contributed by atoms with Gasteiger partial charge in [0.25, 0.3) is 0 Å². The molecule has 0 aromatic carbocycles. The fourth-order valence-corrected chi connectivity index (χ4v) is 8.89. The SMILES string of the molecule is CCOP(=O)(OCC)c1c(-c2cccs2)sc(-c2cccs2)c1P=O. The highest BCUT2D eigenvalue weighted by Gasteiger charge is 2.37. The maximum Gasteiger partial charge on any atom is 0.363 e. The van der Waals surface area contributed by atoms with Gasteiger partial charge in [0.2, 0.25) is 0 Å². The molecule has 9 heteroatoms. The van der Waals surface area contributed by atoms with E-state index in [-0.39, 0.29) is 21.7 Å². The van der Waals surface area contributed by atoms with Gasteiger partial charge < -0.3 is 9.05 Å². The van der Waals surface area contributed by atoms with Gasteiger partial charge in [-0.05, 0) is 36.7 Å². The molecule has 0 aliphatic heterocycles. The third-order valence-electron chi connectivity index (χ3n) is 3.31. The summed E-state index contributed by atoms with van der Waals surface area (Å²) in [6, 6.07) is 7.82. The molecule has 0 bridgehead atoms. The van der Waals surface area contributed by atoms with Gasteiger partial charge >= 0.3 is 7.60 Å². The topological polar surface area (TPSA) is 52.6 Å². The van der Waals surface area contributed by atoms with E-state index in [2.05, 4.69) is 0 Å². The molecule has 132 valence electrons.